The fourth-order valence-corrected chi connectivity index (χ4v) is 5.56. The summed E-state index contributed by atoms with van der Waals surface area (Å²) in [6.45, 7) is 0. The number of para-hydroxylation sites is 4. The van der Waals surface area contributed by atoms with E-state index in [4.69, 9.17) is 0 Å². The van der Waals surface area contributed by atoms with Crippen LogP contribution in [0.4, 0.5) is 34.1 Å². The first-order valence-corrected chi connectivity index (χ1v) is 14.8. The highest BCUT2D eigenvalue weighted by Crippen LogP contribution is 2.37. The SMILES string of the molecule is c1ccc(N(c2ccccc2)c2ccc(-c3cncc(-c4ccc(N(c5ccccc5)c5ccccc5)cc4)c3)cc2)cc1. The van der Waals surface area contributed by atoms with Crippen LogP contribution in [0, 0.1) is 0 Å². The number of rotatable bonds is 8. The Morgan fingerprint density at radius 1 is 0.273 bits per heavy atom. The molecular formula is C41H31N3. The molecular weight excluding hydrogens is 534 g/mol. The molecule has 0 unspecified atom stereocenters. The second kappa shape index (κ2) is 12.5. The first-order valence-electron chi connectivity index (χ1n) is 14.8. The van der Waals surface area contributed by atoms with E-state index in [9.17, 15) is 0 Å². The molecule has 0 N–H and O–H groups in total. The molecule has 1 heterocycles. The molecule has 0 saturated carbocycles. The highest BCUT2D eigenvalue weighted by molar-refractivity contribution is 5.81. The van der Waals surface area contributed by atoms with Crippen LogP contribution in [-0.4, -0.2) is 4.98 Å². The van der Waals surface area contributed by atoms with Crippen LogP contribution in [-0.2, 0) is 0 Å². The zero-order chi connectivity index (χ0) is 29.6. The predicted molar refractivity (Wildman–Crippen MR) is 184 cm³/mol. The average Bonchev–Trinajstić information content (AvgIpc) is 3.11. The standard InChI is InChI=1S/C41H31N3/c1-5-13-36(14-6-1)43(37-15-7-2-8-16-37)40-25-21-32(22-26-40)34-29-35(31-42-30-34)33-23-27-41(28-24-33)44(38-17-9-3-10-18-38)39-19-11-4-12-20-39/h1-31H. The van der Waals surface area contributed by atoms with Gasteiger partial charge in [-0.05, 0) is 90.0 Å². The van der Waals surface area contributed by atoms with Crippen molar-refractivity contribution in [2.75, 3.05) is 9.80 Å². The van der Waals surface area contributed by atoms with Crippen LogP contribution in [0.5, 0.6) is 0 Å². The Hall–Kier alpha value is -5.93. The van der Waals surface area contributed by atoms with Crippen molar-refractivity contribution in [3.63, 3.8) is 0 Å². The maximum atomic E-state index is 4.62. The maximum absolute atomic E-state index is 4.62. The monoisotopic (exact) mass is 565 g/mol. The molecule has 1 aromatic heterocycles. The largest absolute Gasteiger partial charge is 0.311 e. The predicted octanol–water partition coefficient (Wildman–Crippen LogP) is 11.4. The van der Waals surface area contributed by atoms with Crippen molar-refractivity contribution in [3.8, 4) is 22.3 Å². The fourth-order valence-electron chi connectivity index (χ4n) is 5.56. The summed E-state index contributed by atoms with van der Waals surface area (Å²) < 4.78 is 0. The van der Waals surface area contributed by atoms with Crippen molar-refractivity contribution in [2.24, 2.45) is 0 Å². The van der Waals surface area contributed by atoms with E-state index in [2.05, 4.69) is 166 Å². The molecule has 6 aromatic carbocycles. The van der Waals surface area contributed by atoms with Crippen molar-refractivity contribution in [1.82, 2.24) is 4.98 Å². The van der Waals surface area contributed by atoms with Gasteiger partial charge in [0, 0.05) is 57.6 Å². The number of benzene rings is 6. The molecule has 0 spiro atoms. The van der Waals surface area contributed by atoms with E-state index in [1.54, 1.807) is 0 Å². The lowest BCUT2D eigenvalue weighted by atomic mass is 10.0. The Labute approximate surface area is 259 Å². The van der Waals surface area contributed by atoms with Gasteiger partial charge >= 0.3 is 0 Å². The van der Waals surface area contributed by atoms with Crippen molar-refractivity contribution in [2.45, 2.75) is 0 Å². The molecule has 44 heavy (non-hydrogen) atoms. The van der Waals surface area contributed by atoms with Gasteiger partial charge in [0.05, 0.1) is 0 Å². The van der Waals surface area contributed by atoms with Crippen LogP contribution in [0.3, 0.4) is 0 Å². The fraction of sp³-hybridized carbons (Fsp3) is 0. The number of anilines is 6. The summed E-state index contributed by atoms with van der Waals surface area (Å²) in [5.41, 5.74) is 11.1. The van der Waals surface area contributed by atoms with Crippen molar-refractivity contribution < 1.29 is 0 Å². The van der Waals surface area contributed by atoms with Gasteiger partial charge in [-0.15, -0.1) is 0 Å². The van der Waals surface area contributed by atoms with Crippen LogP contribution in [0.1, 0.15) is 0 Å². The van der Waals surface area contributed by atoms with Gasteiger partial charge in [0.2, 0.25) is 0 Å². The second-order valence-electron chi connectivity index (χ2n) is 10.6. The molecule has 0 aliphatic carbocycles. The van der Waals surface area contributed by atoms with Crippen molar-refractivity contribution in [3.05, 3.63) is 188 Å². The third-order valence-electron chi connectivity index (χ3n) is 7.71. The topological polar surface area (TPSA) is 19.4 Å². The zero-order valence-electron chi connectivity index (χ0n) is 24.2. The lowest BCUT2D eigenvalue weighted by molar-refractivity contribution is 1.28. The minimum Gasteiger partial charge on any atom is -0.311 e. The third kappa shape index (κ3) is 5.72. The Kier molecular flexibility index (Phi) is 7.66. The van der Waals surface area contributed by atoms with Gasteiger partial charge in [-0.2, -0.15) is 0 Å². The normalized spacial score (nSPS) is 10.7. The summed E-state index contributed by atoms with van der Waals surface area (Å²) in [7, 11) is 0. The number of nitrogens with zero attached hydrogens (tertiary/aromatic N) is 3. The van der Waals surface area contributed by atoms with Crippen LogP contribution >= 0.6 is 0 Å². The summed E-state index contributed by atoms with van der Waals surface area (Å²) in [5, 5.41) is 0. The van der Waals surface area contributed by atoms with Gasteiger partial charge in [0.1, 0.15) is 0 Å². The highest BCUT2D eigenvalue weighted by Gasteiger charge is 2.14. The third-order valence-corrected chi connectivity index (χ3v) is 7.71. The van der Waals surface area contributed by atoms with E-state index in [1.165, 1.54) is 0 Å². The highest BCUT2D eigenvalue weighted by atomic mass is 15.1. The molecule has 3 nitrogen and oxygen atoms in total. The molecule has 3 heteroatoms. The van der Waals surface area contributed by atoms with Gasteiger partial charge < -0.3 is 9.80 Å². The van der Waals surface area contributed by atoms with E-state index in [-0.39, 0.29) is 0 Å². The molecule has 210 valence electrons. The molecule has 7 aromatic rings. The summed E-state index contributed by atoms with van der Waals surface area (Å²) in [5.74, 6) is 0. The molecule has 0 atom stereocenters. The molecule has 0 amide bonds. The van der Waals surface area contributed by atoms with Gasteiger partial charge in [0.25, 0.3) is 0 Å². The first kappa shape index (κ1) is 26.9. The summed E-state index contributed by atoms with van der Waals surface area (Å²) >= 11 is 0. The summed E-state index contributed by atoms with van der Waals surface area (Å²) in [4.78, 5) is 9.17. The smallest absolute Gasteiger partial charge is 0.0462 e. The van der Waals surface area contributed by atoms with Crippen LogP contribution in [0.15, 0.2) is 188 Å². The number of hydrogen-bond acceptors (Lipinski definition) is 3. The molecule has 0 saturated heterocycles. The lowest BCUT2D eigenvalue weighted by Gasteiger charge is -2.25. The molecule has 0 aliphatic heterocycles. The van der Waals surface area contributed by atoms with Gasteiger partial charge in [-0.3, -0.25) is 4.98 Å². The molecule has 0 bridgehead atoms. The van der Waals surface area contributed by atoms with E-state index in [0.29, 0.717) is 0 Å². The van der Waals surface area contributed by atoms with Crippen LogP contribution in [0.25, 0.3) is 22.3 Å². The van der Waals surface area contributed by atoms with Gasteiger partial charge in [0.15, 0.2) is 0 Å². The summed E-state index contributed by atoms with van der Waals surface area (Å²) in [6, 6.07) is 61.5. The second-order valence-corrected chi connectivity index (χ2v) is 10.6. The number of aromatic nitrogens is 1. The quantitative estimate of drug-likeness (QED) is 0.183. The maximum Gasteiger partial charge on any atom is 0.0462 e. The molecule has 7 rings (SSSR count). The average molecular weight is 566 g/mol. The molecule has 0 radical (unpaired) electrons. The van der Waals surface area contributed by atoms with E-state index < -0.39 is 0 Å². The van der Waals surface area contributed by atoms with E-state index in [1.807, 2.05) is 36.7 Å². The Bertz CT molecular complexity index is 1700. The minimum absolute atomic E-state index is 1.08. The number of hydrogen-bond donors (Lipinski definition) is 0. The lowest BCUT2D eigenvalue weighted by Crippen LogP contribution is -2.09. The van der Waals surface area contributed by atoms with Crippen LogP contribution in [0.2, 0.25) is 0 Å². The van der Waals surface area contributed by atoms with Crippen LogP contribution < -0.4 is 9.80 Å². The van der Waals surface area contributed by atoms with Gasteiger partial charge in [-0.25, -0.2) is 0 Å². The van der Waals surface area contributed by atoms with Crippen molar-refractivity contribution in [1.29, 1.82) is 0 Å². The van der Waals surface area contributed by atoms with Gasteiger partial charge in [-0.1, -0.05) is 97.1 Å². The number of pyridine rings is 1. The molecule has 0 fully saturated rings. The summed E-state index contributed by atoms with van der Waals surface area (Å²) in [6.07, 6.45) is 3.87. The van der Waals surface area contributed by atoms with E-state index in [0.717, 1.165) is 56.4 Å². The minimum atomic E-state index is 1.08. The first-order chi connectivity index (χ1) is 21.8. The van der Waals surface area contributed by atoms with E-state index >= 15 is 0 Å². The zero-order valence-corrected chi connectivity index (χ0v) is 24.2. The Balaban J connectivity index is 1.17. The van der Waals surface area contributed by atoms with Crippen molar-refractivity contribution >= 4 is 34.1 Å². The Morgan fingerprint density at radius 2 is 0.545 bits per heavy atom. The molecule has 0 aliphatic rings. The Morgan fingerprint density at radius 3 is 0.841 bits per heavy atom.